The molecule has 0 saturated heterocycles. The van der Waals surface area contributed by atoms with Crippen molar-refractivity contribution in [2.45, 2.75) is 6.18 Å². The van der Waals surface area contributed by atoms with Crippen molar-refractivity contribution in [1.82, 2.24) is 4.98 Å². The highest BCUT2D eigenvalue weighted by Crippen LogP contribution is 2.33. The van der Waals surface area contributed by atoms with Crippen LogP contribution in [-0.4, -0.2) is 4.98 Å². The highest BCUT2D eigenvalue weighted by Gasteiger charge is 2.31. The van der Waals surface area contributed by atoms with Gasteiger partial charge in [0.1, 0.15) is 11.6 Å². The maximum Gasteiger partial charge on any atom is 0.416 e. The number of nitrogens with zero attached hydrogens (tertiary/aromatic N) is 1. The van der Waals surface area contributed by atoms with Crippen LogP contribution in [0.25, 0.3) is 11.3 Å². The summed E-state index contributed by atoms with van der Waals surface area (Å²) in [5.41, 5.74) is 4.42. The number of anilines is 1. The van der Waals surface area contributed by atoms with Crippen molar-refractivity contribution in [3.05, 3.63) is 46.7 Å². The molecular formula is C12H7ClF4N2. The average molecular weight is 291 g/mol. The van der Waals surface area contributed by atoms with Crippen molar-refractivity contribution in [3.8, 4) is 11.3 Å². The SMILES string of the molecule is Nc1cc(C(F)(F)F)cc(-c2cc(F)cc(Cl)c2)n1. The van der Waals surface area contributed by atoms with Gasteiger partial charge in [0, 0.05) is 10.6 Å². The predicted molar refractivity (Wildman–Crippen MR) is 64.1 cm³/mol. The zero-order valence-corrected chi connectivity index (χ0v) is 10.1. The van der Waals surface area contributed by atoms with Crippen molar-refractivity contribution in [3.63, 3.8) is 0 Å². The topological polar surface area (TPSA) is 38.9 Å². The summed E-state index contributed by atoms with van der Waals surface area (Å²) >= 11 is 5.65. The van der Waals surface area contributed by atoms with Gasteiger partial charge >= 0.3 is 6.18 Å². The largest absolute Gasteiger partial charge is 0.416 e. The first-order valence-corrected chi connectivity index (χ1v) is 5.45. The van der Waals surface area contributed by atoms with Gasteiger partial charge in [-0.25, -0.2) is 9.37 Å². The molecular weight excluding hydrogens is 284 g/mol. The molecule has 1 heterocycles. The molecule has 0 spiro atoms. The molecule has 0 unspecified atom stereocenters. The van der Waals surface area contributed by atoms with Crippen LogP contribution in [0.5, 0.6) is 0 Å². The molecule has 2 nitrogen and oxygen atoms in total. The number of nitrogens with two attached hydrogens (primary N) is 1. The third-order valence-corrected chi connectivity index (χ3v) is 2.55. The molecule has 0 aliphatic carbocycles. The standard InChI is InChI=1S/C12H7ClF4N2/c13-8-1-6(2-9(14)5-8)10-3-7(12(15,16)17)4-11(18)19-10/h1-5H,(H2,18,19). The minimum absolute atomic E-state index is 0.0628. The summed E-state index contributed by atoms with van der Waals surface area (Å²) in [5.74, 6) is -0.967. The van der Waals surface area contributed by atoms with Crippen LogP contribution in [0.15, 0.2) is 30.3 Å². The van der Waals surface area contributed by atoms with Gasteiger partial charge in [-0.2, -0.15) is 13.2 Å². The molecule has 100 valence electrons. The lowest BCUT2D eigenvalue weighted by Crippen LogP contribution is -2.07. The molecule has 1 aromatic heterocycles. The van der Waals surface area contributed by atoms with E-state index in [1.54, 1.807) is 0 Å². The third-order valence-electron chi connectivity index (χ3n) is 2.33. The Labute approximate surface area is 110 Å². The molecule has 0 amide bonds. The Morgan fingerprint density at radius 2 is 1.74 bits per heavy atom. The fourth-order valence-electron chi connectivity index (χ4n) is 1.57. The van der Waals surface area contributed by atoms with Gasteiger partial charge in [-0.15, -0.1) is 0 Å². The highest BCUT2D eigenvalue weighted by atomic mass is 35.5. The summed E-state index contributed by atoms with van der Waals surface area (Å²) in [6, 6.07) is 4.90. The van der Waals surface area contributed by atoms with E-state index in [4.69, 9.17) is 17.3 Å². The van der Waals surface area contributed by atoms with Gasteiger partial charge in [0.15, 0.2) is 0 Å². The van der Waals surface area contributed by atoms with E-state index in [1.807, 2.05) is 0 Å². The van der Waals surface area contributed by atoms with Crippen LogP contribution in [-0.2, 0) is 6.18 Å². The van der Waals surface area contributed by atoms with Gasteiger partial charge in [0.2, 0.25) is 0 Å². The number of hydrogen-bond acceptors (Lipinski definition) is 2. The molecule has 7 heteroatoms. The molecule has 2 N–H and O–H groups in total. The lowest BCUT2D eigenvalue weighted by Gasteiger charge is -2.10. The Morgan fingerprint density at radius 3 is 2.32 bits per heavy atom. The maximum absolute atomic E-state index is 13.2. The van der Waals surface area contributed by atoms with E-state index in [-0.39, 0.29) is 22.1 Å². The number of rotatable bonds is 1. The minimum Gasteiger partial charge on any atom is -0.384 e. The lowest BCUT2D eigenvalue weighted by atomic mass is 10.1. The molecule has 2 rings (SSSR count). The Balaban J connectivity index is 2.59. The van der Waals surface area contributed by atoms with E-state index in [2.05, 4.69) is 4.98 Å². The van der Waals surface area contributed by atoms with Gasteiger partial charge in [-0.1, -0.05) is 11.6 Å². The third kappa shape index (κ3) is 3.14. The zero-order valence-electron chi connectivity index (χ0n) is 9.30. The minimum atomic E-state index is -4.55. The van der Waals surface area contributed by atoms with E-state index in [0.717, 1.165) is 18.2 Å². The van der Waals surface area contributed by atoms with E-state index < -0.39 is 17.6 Å². The second kappa shape index (κ2) is 4.70. The first-order valence-electron chi connectivity index (χ1n) is 5.07. The summed E-state index contributed by atoms with van der Waals surface area (Å²) < 4.78 is 51.1. The van der Waals surface area contributed by atoms with Gasteiger partial charge in [0.05, 0.1) is 11.3 Å². The van der Waals surface area contributed by atoms with E-state index in [9.17, 15) is 17.6 Å². The van der Waals surface area contributed by atoms with Gasteiger partial charge in [0.25, 0.3) is 0 Å². The summed E-state index contributed by atoms with van der Waals surface area (Å²) in [7, 11) is 0. The van der Waals surface area contributed by atoms with E-state index in [1.165, 1.54) is 6.07 Å². The summed E-state index contributed by atoms with van der Waals surface area (Å²) in [5, 5.41) is 0.0628. The van der Waals surface area contributed by atoms with Crippen LogP contribution in [0, 0.1) is 5.82 Å². The van der Waals surface area contributed by atoms with Crippen LogP contribution in [0.2, 0.25) is 5.02 Å². The fourth-order valence-corrected chi connectivity index (χ4v) is 1.79. The van der Waals surface area contributed by atoms with Gasteiger partial charge in [-0.05, 0) is 30.3 Å². The molecule has 2 aromatic rings. The van der Waals surface area contributed by atoms with Crippen LogP contribution in [0.4, 0.5) is 23.4 Å². The Bertz CT molecular complexity index is 605. The smallest absolute Gasteiger partial charge is 0.384 e. The number of hydrogen-bond donors (Lipinski definition) is 1. The highest BCUT2D eigenvalue weighted by molar-refractivity contribution is 6.30. The number of alkyl halides is 3. The van der Waals surface area contributed by atoms with Crippen molar-refractivity contribution < 1.29 is 17.6 Å². The van der Waals surface area contributed by atoms with Crippen molar-refractivity contribution in [1.29, 1.82) is 0 Å². The first kappa shape index (κ1) is 13.6. The molecule has 1 aromatic carbocycles. The van der Waals surface area contributed by atoms with Crippen molar-refractivity contribution in [2.75, 3.05) is 5.73 Å². The molecule has 0 radical (unpaired) electrons. The zero-order chi connectivity index (χ0) is 14.2. The Morgan fingerprint density at radius 1 is 1.05 bits per heavy atom. The molecule has 19 heavy (non-hydrogen) atoms. The number of aromatic nitrogens is 1. The second-order valence-corrected chi connectivity index (χ2v) is 4.26. The van der Waals surface area contributed by atoms with E-state index in [0.29, 0.717) is 6.07 Å². The van der Waals surface area contributed by atoms with E-state index >= 15 is 0 Å². The summed E-state index contributed by atoms with van der Waals surface area (Å²) in [6.45, 7) is 0. The van der Waals surface area contributed by atoms with Crippen molar-refractivity contribution >= 4 is 17.4 Å². The monoisotopic (exact) mass is 290 g/mol. The quantitative estimate of drug-likeness (QED) is 0.802. The maximum atomic E-state index is 13.2. The normalized spacial score (nSPS) is 11.6. The molecule has 0 aliphatic rings. The second-order valence-electron chi connectivity index (χ2n) is 3.82. The fraction of sp³-hybridized carbons (Fsp3) is 0.0833. The summed E-state index contributed by atoms with van der Waals surface area (Å²) in [6.07, 6.45) is -4.55. The van der Waals surface area contributed by atoms with Crippen LogP contribution in [0.3, 0.4) is 0 Å². The summed E-state index contributed by atoms with van der Waals surface area (Å²) in [4.78, 5) is 3.75. The van der Waals surface area contributed by atoms with Gasteiger partial charge in [-0.3, -0.25) is 0 Å². The van der Waals surface area contributed by atoms with Crippen LogP contribution >= 0.6 is 11.6 Å². The Kier molecular flexibility index (Phi) is 3.36. The average Bonchev–Trinajstić information content (AvgIpc) is 2.25. The molecule has 0 bridgehead atoms. The molecule has 0 fully saturated rings. The lowest BCUT2D eigenvalue weighted by molar-refractivity contribution is -0.137. The predicted octanol–water partition coefficient (Wildman–Crippen LogP) is 4.14. The number of halogens is 5. The molecule has 0 saturated carbocycles. The van der Waals surface area contributed by atoms with Crippen LogP contribution in [0.1, 0.15) is 5.56 Å². The number of benzene rings is 1. The number of pyridine rings is 1. The number of nitrogen functional groups attached to an aromatic ring is 1. The Hall–Kier alpha value is -1.82. The molecule has 0 aliphatic heterocycles. The molecule has 0 atom stereocenters. The van der Waals surface area contributed by atoms with Crippen LogP contribution < -0.4 is 5.73 Å². The van der Waals surface area contributed by atoms with Gasteiger partial charge < -0.3 is 5.73 Å². The van der Waals surface area contributed by atoms with Crippen molar-refractivity contribution in [2.24, 2.45) is 0 Å². The first-order chi connectivity index (χ1) is 8.75.